The number of carbonyl (C=O) groups excluding carboxylic acids is 1. The molecule has 0 amide bonds. The number of nitrogens with zero attached hydrogens (tertiary/aromatic N) is 1. The molecule has 2 N–H and O–H groups in total. The molecule has 6 nitrogen and oxygen atoms in total. The third-order valence-electron chi connectivity index (χ3n) is 2.15. The highest BCUT2D eigenvalue weighted by atomic mass is 16.7. The number of hydrogen-bond donors (Lipinski definition) is 2. The lowest BCUT2D eigenvalue weighted by molar-refractivity contribution is -0.153. The molecule has 0 bridgehead atoms. The van der Waals surface area contributed by atoms with E-state index in [2.05, 4.69) is 9.99 Å². The molecule has 0 unspecified atom stereocenters. The van der Waals surface area contributed by atoms with Gasteiger partial charge >= 0.3 is 11.9 Å². The van der Waals surface area contributed by atoms with Gasteiger partial charge in [-0.25, -0.2) is 9.59 Å². The SMILES string of the molecule is CC(C)(C)C(=O)O/N=C(/C(=O)O)c1cccc(O)c1. The van der Waals surface area contributed by atoms with Crippen LogP contribution in [-0.4, -0.2) is 27.9 Å². The van der Waals surface area contributed by atoms with Crippen molar-refractivity contribution in [3.63, 3.8) is 0 Å². The maximum absolute atomic E-state index is 11.5. The Balaban J connectivity index is 3.03. The standard InChI is InChI=1S/C13H15NO5/c1-13(2,3)12(18)19-14-10(11(16)17)8-5-4-6-9(15)7-8/h4-7,15H,1-3H3,(H,16,17)/b14-10+. The average Bonchev–Trinajstić information content (AvgIpc) is 2.27. The van der Waals surface area contributed by atoms with Gasteiger partial charge in [0.15, 0.2) is 5.71 Å². The van der Waals surface area contributed by atoms with Gasteiger partial charge in [-0.1, -0.05) is 17.3 Å². The molecular formula is C13H15NO5. The normalized spacial score (nSPS) is 12.1. The highest BCUT2D eigenvalue weighted by molar-refractivity contribution is 6.42. The van der Waals surface area contributed by atoms with Crippen LogP contribution in [0.15, 0.2) is 29.4 Å². The predicted molar refractivity (Wildman–Crippen MR) is 67.8 cm³/mol. The molecule has 1 rings (SSSR count). The number of phenolic OH excluding ortho intramolecular Hbond substituents is 1. The van der Waals surface area contributed by atoms with Crippen LogP contribution in [0.4, 0.5) is 0 Å². The van der Waals surface area contributed by atoms with Crippen molar-refractivity contribution in [2.24, 2.45) is 10.6 Å². The van der Waals surface area contributed by atoms with E-state index in [4.69, 9.17) is 5.11 Å². The van der Waals surface area contributed by atoms with Gasteiger partial charge in [0.2, 0.25) is 0 Å². The van der Waals surface area contributed by atoms with Gasteiger partial charge in [-0.05, 0) is 32.9 Å². The van der Waals surface area contributed by atoms with E-state index < -0.39 is 23.1 Å². The fourth-order valence-corrected chi connectivity index (χ4v) is 1.09. The van der Waals surface area contributed by atoms with Crippen LogP contribution >= 0.6 is 0 Å². The van der Waals surface area contributed by atoms with E-state index in [1.165, 1.54) is 24.3 Å². The van der Waals surface area contributed by atoms with Gasteiger partial charge in [0, 0.05) is 5.56 Å². The first-order valence-electron chi connectivity index (χ1n) is 5.54. The zero-order chi connectivity index (χ0) is 14.6. The van der Waals surface area contributed by atoms with E-state index in [1.54, 1.807) is 20.8 Å². The minimum Gasteiger partial charge on any atom is -0.508 e. The lowest BCUT2D eigenvalue weighted by Gasteiger charge is -2.13. The maximum Gasteiger partial charge on any atom is 0.358 e. The van der Waals surface area contributed by atoms with Crippen LogP contribution in [0.2, 0.25) is 0 Å². The smallest absolute Gasteiger partial charge is 0.358 e. The van der Waals surface area contributed by atoms with E-state index in [0.29, 0.717) is 0 Å². The van der Waals surface area contributed by atoms with Gasteiger partial charge in [0.1, 0.15) is 5.75 Å². The molecule has 0 fully saturated rings. The number of rotatable bonds is 3. The van der Waals surface area contributed by atoms with Crippen molar-refractivity contribution < 1.29 is 24.6 Å². The van der Waals surface area contributed by atoms with Crippen molar-refractivity contribution >= 4 is 17.7 Å². The van der Waals surface area contributed by atoms with Crippen molar-refractivity contribution in [2.45, 2.75) is 20.8 Å². The van der Waals surface area contributed by atoms with Gasteiger partial charge in [0.05, 0.1) is 5.41 Å². The fraction of sp³-hybridized carbons (Fsp3) is 0.308. The van der Waals surface area contributed by atoms with E-state index in [0.717, 1.165) is 0 Å². The molecule has 0 radical (unpaired) electrons. The van der Waals surface area contributed by atoms with E-state index >= 15 is 0 Å². The summed E-state index contributed by atoms with van der Waals surface area (Å²) in [5.41, 5.74) is -1.09. The van der Waals surface area contributed by atoms with Crippen molar-refractivity contribution in [1.82, 2.24) is 0 Å². The minimum atomic E-state index is -1.35. The zero-order valence-electron chi connectivity index (χ0n) is 10.9. The van der Waals surface area contributed by atoms with Crippen molar-refractivity contribution in [1.29, 1.82) is 0 Å². The second-order valence-electron chi connectivity index (χ2n) is 4.92. The van der Waals surface area contributed by atoms with Gasteiger partial charge in [0.25, 0.3) is 0 Å². The number of oxime groups is 1. The zero-order valence-corrected chi connectivity index (χ0v) is 10.9. The van der Waals surface area contributed by atoms with Crippen LogP contribution in [-0.2, 0) is 14.4 Å². The molecule has 19 heavy (non-hydrogen) atoms. The summed E-state index contributed by atoms with van der Waals surface area (Å²) in [5, 5.41) is 21.7. The number of hydrogen-bond acceptors (Lipinski definition) is 5. The molecule has 0 saturated heterocycles. The van der Waals surface area contributed by atoms with Crippen molar-refractivity contribution in [2.75, 3.05) is 0 Å². The number of aliphatic carboxylic acids is 1. The fourth-order valence-electron chi connectivity index (χ4n) is 1.09. The number of carboxylic acids is 1. The first-order chi connectivity index (χ1) is 8.71. The summed E-state index contributed by atoms with van der Waals surface area (Å²) >= 11 is 0. The Morgan fingerprint density at radius 3 is 2.37 bits per heavy atom. The van der Waals surface area contributed by atoms with E-state index in [-0.39, 0.29) is 11.3 Å². The first kappa shape index (κ1) is 14.7. The van der Waals surface area contributed by atoms with Gasteiger partial charge in [-0.2, -0.15) is 0 Å². The molecule has 102 valence electrons. The van der Waals surface area contributed by atoms with Crippen LogP contribution in [0.25, 0.3) is 0 Å². The number of benzene rings is 1. The molecule has 0 heterocycles. The summed E-state index contributed by atoms with van der Waals surface area (Å²) in [4.78, 5) is 27.2. The molecule has 0 aliphatic rings. The molecule has 1 aromatic rings. The van der Waals surface area contributed by atoms with Gasteiger partial charge < -0.3 is 15.1 Å². The number of aromatic hydroxyl groups is 1. The van der Waals surface area contributed by atoms with Crippen molar-refractivity contribution in [3.8, 4) is 5.75 Å². The maximum atomic E-state index is 11.5. The number of phenols is 1. The quantitative estimate of drug-likeness (QED) is 0.493. The summed E-state index contributed by atoms with van der Waals surface area (Å²) in [6, 6.07) is 5.52. The Hall–Kier alpha value is -2.37. The average molecular weight is 265 g/mol. The molecule has 0 aromatic heterocycles. The Labute approximate surface area is 110 Å². The lowest BCUT2D eigenvalue weighted by atomic mass is 9.98. The van der Waals surface area contributed by atoms with Gasteiger partial charge in [-0.3, -0.25) is 0 Å². The van der Waals surface area contributed by atoms with E-state index in [1.807, 2.05) is 0 Å². The summed E-state index contributed by atoms with van der Waals surface area (Å²) < 4.78 is 0. The van der Waals surface area contributed by atoms with Crippen LogP contribution < -0.4 is 0 Å². The summed E-state index contributed by atoms with van der Waals surface area (Å²) in [7, 11) is 0. The summed E-state index contributed by atoms with van der Waals surface area (Å²) in [6.45, 7) is 4.87. The van der Waals surface area contributed by atoms with Gasteiger partial charge in [-0.15, -0.1) is 0 Å². The van der Waals surface area contributed by atoms with Crippen LogP contribution in [0.3, 0.4) is 0 Å². The molecular weight excluding hydrogens is 250 g/mol. The molecule has 1 aromatic carbocycles. The number of carboxylic acid groups (broad SMARTS) is 1. The molecule has 0 atom stereocenters. The molecule has 6 heteroatoms. The Morgan fingerprint density at radius 1 is 1.26 bits per heavy atom. The Morgan fingerprint density at radius 2 is 1.89 bits per heavy atom. The van der Waals surface area contributed by atoms with E-state index in [9.17, 15) is 14.7 Å². The highest BCUT2D eigenvalue weighted by Gasteiger charge is 2.24. The Kier molecular flexibility index (Phi) is 4.26. The predicted octanol–water partition coefficient (Wildman–Crippen LogP) is 1.77. The monoisotopic (exact) mass is 265 g/mol. The van der Waals surface area contributed by atoms with Crippen molar-refractivity contribution in [3.05, 3.63) is 29.8 Å². The number of carbonyl (C=O) groups is 2. The first-order valence-corrected chi connectivity index (χ1v) is 5.54. The Bertz CT molecular complexity index is 528. The topological polar surface area (TPSA) is 96.2 Å². The molecule has 0 aliphatic carbocycles. The summed E-state index contributed by atoms with van der Waals surface area (Å²) in [5.74, 6) is -2.10. The highest BCUT2D eigenvalue weighted by Crippen LogP contribution is 2.16. The molecule has 0 aliphatic heterocycles. The van der Waals surface area contributed by atoms with Crippen LogP contribution in [0, 0.1) is 5.41 Å². The third kappa shape index (κ3) is 4.09. The van der Waals surface area contributed by atoms with Crippen LogP contribution in [0.1, 0.15) is 26.3 Å². The molecule has 0 saturated carbocycles. The molecule has 0 spiro atoms. The largest absolute Gasteiger partial charge is 0.508 e. The minimum absolute atomic E-state index is 0.103. The summed E-state index contributed by atoms with van der Waals surface area (Å²) in [6.07, 6.45) is 0. The second kappa shape index (κ2) is 5.51. The third-order valence-corrected chi connectivity index (χ3v) is 2.15. The lowest BCUT2D eigenvalue weighted by Crippen LogP contribution is -2.23. The van der Waals surface area contributed by atoms with Crippen LogP contribution in [0.5, 0.6) is 5.75 Å². The second-order valence-corrected chi connectivity index (χ2v) is 4.92.